The summed E-state index contributed by atoms with van der Waals surface area (Å²) in [6.45, 7) is 1.35. The van der Waals surface area contributed by atoms with Gasteiger partial charge in [-0.2, -0.15) is 18.2 Å². The number of alkyl halides is 3. The highest BCUT2D eigenvalue weighted by Crippen LogP contribution is 2.38. The Morgan fingerprint density at radius 3 is 2.56 bits per heavy atom. The number of carbonyl (C=O) groups excluding carboxylic acids is 1. The zero-order chi connectivity index (χ0) is 12.3. The minimum atomic E-state index is -4.52. The first-order chi connectivity index (χ1) is 7.38. The minimum Gasteiger partial charge on any atom is -0.211 e. The molecule has 0 bridgehead atoms. The fourth-order valence-electron chi connectivity index (χ4n) is 1.35. The molecular weight excluding hydrogens is 243 g/mol. The summed E-state index contributed by atoms with van der Waals surface area (Å²) in [4.78, 5) is 13.3. The molecule has 1 atom stereocenters. The Hall–Kier alpha value is -1.32. The predicted molar refractivity (Wildman–Crippen MR) is 53.0 cm³/mol. The van der Waals surface area contributed by atoms with Gasteiger partial charge in [0.05, 0.1) is 11.6 Å². The van der Waals surface area contributed by atoms with Gasteiger partial charge in [0.1, 0.15) is 0 Å². The monoisotopic (exact) mass is 249 g/mol. The Labute approximate surface area is 94.7 Å². The zero-order valence-electron chi connectivity index (χ0n) is 8.18. The molecular formula is C10H7ClF3NO. The summed E-state index contributed by atoms with van der Waals surface area (Å²) >= 11 is 5.68. The smallest absolute Gasteiger partial charge is 0.211 e. The van der Waals surface area contributed by atoms with Gasteiger partial charge < -0.3 is 0 Å². The summed E-state index contributed by atoms with van der Waals surface area (Å²) in [7, 11) is 0. The second-order valence-electron chi connectivity index (χ2n) is 3.10. The highest BCUT2D eigenvalue weighted by molar-refractivity contribution is 6.31. The second-order valence-corrected chi connectivity index (χ2v) is 3.50. The van der Waals surface area contributed by atoms with Crippen molar-refractivity contribution >= 4 is 17.7 Å². The molecule has 0 aliphatic carbocycles. The Kier molecular flexibility index (Phi) is 3.73. The van der Waals surface area contributed by atoms with Crippen LogP contribution in [0.3, 0.4) is 0 Å². The third-order valence-electron chi connectivity index (χ3n) is 2.02. The first-order valence-electron chi connectivity index (χ1n) is 4.30. The lowest BCUT2D eigenvalue weighted by atomic mass is 10.0. The molecule has 0 aromatic heterocycles. The standard InChI is InChI=1S/C10H7ClF3NO/c1-6(15-5-16)9-7(10(12,13)14)3-2-4-8(9)11/h2-4,6H,1H3. The molecule has 0 heterocycles. The van der Waals surface area contributed by atoms with Gasteiger partial charge in [0, 0.05) is 10.6 Å². The average molecular weight is 250 g/mol. The van der Waals surface area contributed by atoms with Crippen LogP contribution in [0.15, 0.2) is 23.2 Å². The van der Waals surface area contributed by atoms with Crippen LogP contribution in [0.25, 0.3) is 0 Å². The van der Waals surface area contributed by atoms with E-state index in [1.54, 1.807) is 0 Å². The van der Waals surface area contributed by atoms with Gasteiger partial charge in [0.2, 0.25) is 6.08 Å². The summed E-state index contributed by atoms with van der Waals surface area (Å²) in [5.74, 6) is 0. The minimum absolute atomic E-state index is 0.0682. The molecule has 0 saturated carbocycles. The normalized spacial score (nSPS) is 13.1. The van der Waals surface area contributed by atoms with E-state index in [2.05, 4.69) is 4.99 Å². The van der Waals surface area contributed by atoms with Gasteiger partial charge in [-0.25, -0.2) is 4.79 Å². The van der Waals surface area contributed by atoms with E-state index in [-0.39, 0.29) is 10.6 Å². The van der Waals surface area contributed by atoms with Gasteiger partial charge in [-0.3, -0.25) is 0 Å². The lowest BCUT2D eigenvalue weighted by molar-refractivity contribution is -0.138. The number of aliphatic imine (C=N–C) groups is 1. The molecule has 1 aromatic rings. The maximum atomic E-state index is 12.6. The molecule has 1 rings (SSSR count). The lowest BCUT2D eigenvalue weighted by Gasteiger charge is -2.15. The Bertz CT molecular complexity index is 438. The summed E-state index contributed by atoms with van der Waals surface area (Å²) in [6, 6.07) is 2.45. The average Bonchev–Trinajstić information content (AvgIpc) is 2.16. The van der Waals surface area contributed by atoms with Crippen LogP contribution in [0, 0.1) is 0 Å². The summed E-state index contributed by atoms with van der Waals surface area (Å²) in [5, 5.41) is -0.0682. The molecule has 0 aliphatic rings. The van der Waals surface area contributed by atoms with Crippen LogP contribution in [-0.2, 0) is 11.0 Å². The van der Waals surface area contributed by atoms with Crippen LogP contribution in [0.4, 0.5) is 13.2 Å². The number of hydrogen-bond acceptors (Lipinski definition) is 2. The molecule has 1 unspecified atom stereocenters. The van der Waals surface area contributed by atoms with Crippen LogP contribution in [0.5, 0.6) is 0 Å². The molecule has 1 aromatic carbocycles. The molecule has 0 spiro atoms. The van der Waals surface area contributed by atoms with Crippen molar-refractivity contribution in [1.29, 1.82) is 0 Å². The van der Waals surface area contributed by atoms with Gasteiger partial charge in [0.15, 0.2) is 0 Å². The van der Waals surface area contributed by atoms with Crippen LogP contribution < -0.4 is 0 Å². The predicted octanol–water partition coefficient (Wildman–Crippen LogP) is 3.76. The highest BCUT2D eigenvalue weighted by atomic mass is 35.5. The van der Waals surface area contributed by atoms with E-state index in [4.69, 9.17) is 11.6 Å². The number of benzene rings is 1. The van der Waals surface area contributed by atoms with E-state index < -0.39 is 17.8 Å². The highest BCUT2D eigenvalue weighted by Gasteiger charge is 2.35. The fourth-order valence-corrected chi connectivity index (χ4v) is 1.68. The largest absolute Gasteiger partial charge is 0.416 e. The van der Waals surface area contributed by atoms with Crippen LogP contribution in [0.2, 0.25) is 5.02 Å². The van der Waals surface area contributed by atoms with Crippen molar-refractivity contribution in [3.63, 3.8) is 0 Å². The fraction of sp³-hybridized carbons (Fsp3) is 0.300. The Morgan fingerprint density at radius 2 is 2.06 bits per heavy atom. The number of nitrogens with zero attached hydrogens (tertiary/aromatic N) is 1. The second kappa shape index (κ2) is 4.68. The molecule has 0 amide bonds. The molecule has 16 heavy (non-hydrogen) atoms. The third-order valence-corrected chi connectivity index (χ3v) is 2.35. The molecule has 0 aliphatic heterocycles. The van der Waals surface area contributed by atoms with Crippen molar-refractivity contribution in [1.82, 2.24) is 0 Å². The molecule has 0 radical (unpaired) electrons. The number of rotatable bonds is 2. The van der Waals surface area contributed by atoms with Crippen molar-refractivity contribution in [2.75, 3.05) is 0 Å². The summed E-state index contributed by atoms with van der Waals surface area (Å²) in [5.41, 5.74) is -1.09. The number of halogens is 4. The number of hydrogen-bond donors (Lipinski definition) is 0. The van der Waals surface area contributed by atoms with Gasteiger partial charge >= 0.3 is 6.18 Å². The molecule has 0 fully saturated rings. The SMILES string of the molecule is CC(N=C=O)c1c(Cl)cccc1C(F)(F)F. The number of isocyanates is 1. The Morgan fingerprint density at radius 1 is 1.44 bits per heavy atom. The first kappa shape index (κ1) is 12.7. The van der Waals surface area contributed by atoms with Gasteiger partial charge in [-0.05, 0) is 19.1 Å². The van der Waals surface area contributed by atoms with E-state index in [1.165, 1.54) is 25.1 Å². The quantitative estimate of drug-likeness (QED) is 0.580. The van der Waals surface area contributed by atoms with E-state index in [1.807, 2.05) is 0 Å². The first-order valence-corrected chi connectivity index (χ1v) is 4.68. The zero-order valence-corrected chi connectivity index (χ0v) is 8.93. The van der Waals surface area contributed by atoms with Gasteiger partial charge in [-0.15, -0.1) is 0 Å². The van der Waals surface area contributed by atoms with Crippen molar-refractivity contribution in [2.24, 2.45) is 4.99 Å². The third kappa shape index (κ3) is 2.62. The molecule has 0 saturated heterocycles. The van der Waals surface area contributed by atoms with Crippen molar-refractivity contribution in [3.05, 3.63) is 34.3 Å². The van der Waals surface area contributed by atoms with Gasteiger partial charge in [-0.1, -0.05) is 17.7 Å². The topological polar surface area (TPSA) is 29.4 Å². The summed E-state index contributed by atoms with van der Waals surface area (Å²) < 4.78 is 37.9. The Balaban J connectivity index is 3.40. The van der Waals surface area contributed by atoms with Gasteiger partial charge in [0.25, 0.3) is 0 Å². The van der Waals surface area contributed by atoms with E-state index in [9.17, 15) is 18.0 Å². The lowest BCUT2D eigenvalue weighted by Crippen LogP contribution is -2.10. The van der Waals surface area contributed by atoms with Crippen molar-refractivity contribution in [2.45, 2.75) is 19.1 Å². The van der Waals surface area contributed by atoms with Crippen molar-refractivity contribution in [3.8, 4) is 0 Å². The van der Waals surface area contributed by atoms with Crippen LogP contribution in [-0.4, -0.2) is 6.08 Å². The molecule has 0 N–H and O–H groups in total. The molecule has 86 valence electrons. The summed E-state index contributed by atoms with van der Waals surface area (Å²) in [6.07, 6.45) is -3.30. The van der Waals surface area contributed by atoms with E-state index in [0.29, 0.717) is 0 Å². The van der Waals surface area contributed by atoms with Crippen LogP contribution in [0.1, 0.15) is 24.1 Å². The molecule has 2 nitrogen and oxygen atoms in total. The molecule has 6 heteroatoms. The van der Waals surface area contributed by atoms with E-state index in [0.717, 1.165) is 6.07 Å². The van der Waals surface area contributed by atoms with Crippen LogP contribution >= 0.6 is 11.6 Å². The maximum Gasteiger partial charge on any atom is 0.416 e. The van der Waals surface area contributed by atoms with Crippen molar-refractivity contribution < 1.29 is 18.0 Å². The maximum absolute atomic E-state index is 12.6. The van der Waals surface area contributed by atoms with E-state index >= 15 is 0 Å².